The van der Waals surface area contributed by atoms with Crippen molar-refractivity contribution in [3.8, 4) is 0 Å². The lowest BCUT2D eigenvalue weighted by molar-refractivity contribution is 0.0946. The van der Waals surface area contributed by atoms with Crippen LogP contribution < -0.4 is 5.32 Å². The third kappa shape index (κ3) is 1.54. The van der Waals surface area contributed by atoms with Crippen molar-refractivity contribution < 1.29 is 9.18 Å². The van der Waals surface area contributed by atoms with Gasteiger partial charge in [-0.3, -0.25) is 4.79 Å². The van der Waals surface area contributed by atoms with Crippen LogP contribution in [0.4, 0.5) is 4.39 Å². The number of halogens is 1. The maximum atomic E-state index is 13.1. The summed E-state index contributed by atoms with van der Waals surface area (Å²) >= 11 is 0. The lowest BCUT2D eigenvalue weighted by atomic mass is 10.3. The van der Waals surface area contributed by atoms with E-state index in [1.807, 2.05) is 0 Å². The Morgan fingerprint density at radius 2 is 2.46 bits per heavy atom. The predicted octanol–water partition coefficient (Wildman–Crippen LogP) is 0.451. The Balaban J connectivity index is 2.14. The number of carbonyl (C=O) groups is 1. The maximum Gasteiger partial charge on any atom is 0.257 e. The minimum absolute atomic E-state index is 0.0226. The molecule has 1 aliphatic carbocycles. The summed E-state index contributed by atoms with van der Waals surface area (Å²) in [7, 11) is 1.46. The van der Waals surface area contributed by atoms with Gasteiger partial charge in [0.25, 0.3) is 5.91 Å². The second-order valence-electron chi connectivity index (χ2n) is 3.22. The molecule has 0 spiro atoms. The number of carbonyl (C=O) groups excluding carboxylic acids is 1. The second-order valence-corrected chi connectivity index (χ2v) is 3.22. The van der Waals surface area contributed by atoms with Crippen LogP contribution in [0.5, 0.6) is 0 Å². The first kappa shape index (κ1) is 8.22. The Morgan fingerprint density at radius 1 is 1.77 bits per heavy atom. The van der Waals surface area contributed by atoms with Gasteiger partial charge in [0.1, 0.15) is 5.56 Å². The molecule has 1 amide bonds. The topological polar surface area (TPSA) is 46.9 Å². The van der Waals surface area contributed by atoms with Crippen LogP contribution in [0.1, 0.15) is 23.2 Å². The van der Waals surface area contributed by atoms with Crippen LogP contribution >= 0.6 is 0 Å². The fraction of sp³-hybridized carbons (Fsp3) is 0.500. The van der Waals surface area contributed by atoms with E-state index >= 15 is 0 Å². The smallest absolute Gasteiger partial charge is 0.257 e. The summed E-state index contributed by atoms with van der Waals surface area (Å²) in [5, 5.41) is 6.34. The van der Waals surface area contributed by atoms with Crippen molar-refractivity contribution in [1.82, 2.24) is 15.1 Å². The van der Waals surface area contributed by atoms with E-state index in [0.29, 0.717) is 0 Å². The number of aryl methyl sites for hydroxylation is 1. The molecular weight excluding hydrogens is 173 g/mol. The molecule has 13 heavy (non-hydrogen) atoms. The minimum atomic E-state index is -0.585. The predicted molar refractivity (Wildman–Crippen MR) is 43.7 cm³/mol. The molecule has 2 rings (SSSR count). The van der Waals surface area contributed by atoms with E-state index in [0.717, 1.165) is 17.5 Å². The van der Waals surface area contributed by atoms with Crippen molar-refractivity contribution >= 4 is 5.91 Å². The zero-order valence-corrected chi connectivity index (χ0v) is 7.25. The van der Waals surface area contributed by atoms with Gasteiger partial charge in [-0.25, -0.2) is 4.68 Å². The van der Waals surface area contributed by atoms with Crippen LogP contribution in [0.2, 0.25) is 0 Å². The van der Waals surface area contributed by atoms with Gasteiger partial charge in [-0.2, -0.15) is 9.49 Å². The molecule has 1 aliphatic rings. The maximum absolute atomic E-state index is 13.1. The van der Waals surface area contributed by atoms with Crippen LogP contribution in [-0.2, 0) is 7.05 Å². The van der Waals surface area contributed by atoms with Crippen LogP contribution in [0.3, 0.4) is 0 Å². The van der Waals surface area contributed by atoms with Gasteiger partial charge >= 0.3 is 0 Å². The number of nitrogens with zero attached hydrogens (tertiary/aromatic N) is 2. The van der Waals surface area contributed by atoms with Gasteiger partial charge < -0.3 is 5.32 Å². The molecule has 1 N–H and O–H groups in total. The molecule has 0 aromatic carbocycles. The Bertz CT molecular complexity index is 343. The molecular formula is C8H10FN3O. The highest BCUT2D eigenvalue weighted by molar-refractivity contribution is 5.94. The van der Waals surface area contributed by atoms with E-state index in [1.165, 1.54) is 13.2 Å². The average Bonchev–Trinajstić information content (AvgIpc) is 2.82. The Morgan fingerprint density at radius 3 is 2.92 bits per heavy atom. The highest BCUT2D eigenvalue weighted by Gasteiger charge is 2.26. The second kappa shape index (κ2) is 2.83. The van der Waals surface area contributed by atoms with E-state index in [-0.39, 0.29) is 17.5 Å². The SMILES string of the molecule is Cn1ncc(C(=O)NC2CC2)c1F. The van der Waals surface area contributed by atoms with Crippen LogP contribution in [0.25, 0.3) is 0 Å². The highest BCUT2D eigenvalue weighted by Crippen LogP contribution is 2.19. The van der Waals surface area contributed by atoms with Crippen molar-refractivity contribution in [2.24, 2.45) is 7.05 Å². The quantitative estimate of drug-likeness (QED) is 0.723. The zero-order valence-electron chi connectivity index (χ0n) is 7.25. The van der Waals surface area contributed by atoms with E-state index < -0.39 is 5.95 Å². The number of rotatable bonds is 2. The van der Waals surface area contributed by atoms with Crippen molar-refractivity contribution in [2.75, 3.05) is 0 Å². The summed E-state index contributed by atoms with van der Waals surface area (Å²) in [6.45, 7) is 0. The molecule has 5 heteroatoms. The van der Waals surface area contributed by atoms with Gasteiger partial charge in [0, 0.05) is 13.1 Å². The molecule has 0 aliphatic heterocycles. The summed E-state index contributed by atoms with van der Waals surface area (Å²) in [5.41, 5.74) is 0.0226. The minimum Gasteiger partial charge on any atom is -0.349 e. The fourth-order valence-electron chi connectivity index (χ4n) is 1.07. The number of hydrogen-bond acceptors (Lipinski definition) is 2. The number of hydrogen-bond donors (Lipinski definition) is 1. The zero-order chi connectivity index (χ0) is 9.42. The molecule has 1 saturated carbocycles. The van der Waals surface area contributed by atoms with Gasteiger partial charge in [0.2, 0.25) is 5.95 Å². The Kier molecular flexibility index (Phi) is 1.79. The van der Waals surface area contributed by atoms with E-state index in [4.69, 9.17) is 0 Å². The fourth-order valence-corrected chi connectivity index (χ4v) is 1.07. The molecule has 70 valence electrons. The molecule has 1 aromatic heterocycles. The van der Waals surface area contributed by atoms with Gasteiger partial charge in [0.05, 0.1) is 6.20 Å². The lowest BCUT2D eigenvalue weighted by Crippen LogP contribution is -2.25. The molecule has 0 atom stereocenters. The van der Waals surface area contributed by atoms with E-state index in [2.05, 4.69) is 10.4 Å². The van der Waals surface area contributed by atoms with Crippen molar-refractivity contribution in [3.63, 3.8) is 0 Å². The molecule has 4 nitrogen and oxygen atoms in total. The van der Waals surface area contributed by atoms with E-state index in [9.17, 15) is 9.18 Å². The number of aromatic nitrogens is 2. The molecule has 0 unspecified atom stereocenters. The molecule has 0 radical (unpaired) electrons. The molecule has 0 saturated heterocycles. The Labute approximate surface area is 74.7 Å². The highest BCUT2D eigenvalue weighted by atomic mass is 19.1. The van der Waals surface area contributed by atoms with Gasteiger partial charge in [-0.1, -0.05) is 0 Å². The summed E-state index contributed by atoms with van der Waals surface area (Å²) in [4.78, 5) is 11.3. The van der Waals surface area contributed by atoms with E-state index in [1.54, 1.807) is 0 Å². The molecule has 1 fully saturated rings. The third-order valence-corrected chi connectivity index (χ3v) is 2.02. The van der Waals surface area contributed by atoms with Crippen molar-refractivity contribution in [3.05, 3.63) is 17.7 Å². The summed E-state index contributed by atoms with van der Waals surface area (Å²) in [6, 6.07) is 0.243. The van der Waals surface area contributed by atoms with Crippen molar-refractivity contribution in [2.45, 2.75) is 18.9 Å². The van der Waals surface area contributed by atoms with Crippen LogP contribution in [0.15, 0.2) is 6.20 Å². The largest absolute Gasteiger partial charge is 0.349 e. The number of nitrogens with one attached hydrogen (secondary N) is 1. The monoisotopic (exact) mass is 183 g/mol. The lowest BCUT2D eigenvalue weighted by Gasteiger charge is -1.99. The van der Waals surface area contributed by atoms with Crippen molar-refractivity contribution in [1.29, 1.82) is 0 Å². The summed E-state index contributed by atoms with van der Waals surface area (Å²) < 4.78 is 14.2. The Hall–Kier alpha value is -1.39. The van der Waals surface area contributed by atoms with Gasteiger partial charge in [-0.15, -0.1) is 0 Å². The van der Waals surface area contributed by atoms with Crippen LogP contribution in [0, 0.1) is 5.95 Å². The first-order chi connectivity index (χ1) is 6.18. The summed E-state index contributed by atoms with van der Waals surface area (Å²) in [5.74, 6) is -0.953. The normalized spacial score (nSPS) is 15.8. The van der Waals surface area contributed by atoms with Gasteiger partial charge in [-0.05, 0) is 12.8 Å². The number of amides is 1. The molecule has 1 aromatic rings. The van der Waals surface area contributed by atoms with Gasteiger partial charge in [0.15, 0.2) is 0 Å². The third-order valence-electron chi connectivity index (χ3n) is 2.02. The summed E-state index contributed by atoms with van der Waals surface area (Å²) in [6.07, 6.45) is 3.23. The molecule has 1 heterocycles. The average molecular weight is 183 g/mol. The first-order valence-corrected chi connectivity index (χ1v) is 4.17. The van der Waals surface area contributed by atoms with Crippen LogP contribution in [-0.4, -0.2) is 21.7 Å². The standard InChI is InChI=1S/C8H10FN3O/c1-12-7(9)6(4-10-12)8(13)11-5-2-3-5/h4-5H,2-3H2,1H3,(H,11,13). The molecule has 0 bridgehead atoms. The first-order valence-electron chi connectivity index (χ1n) is 4.17.